The second-order valence-corrected chi connectivity index (χ2v) is 5.60. The molecule has 0 aromatic rings. The van der Waals surface area contributed by atoms with E-state index in [4.69, 9.17) is 4.74 Å². The van der Waals surface area contributed by atoms with Gasteiger partial charge < -0.3 is 15.0 Å². The van der Waals surface area contributed by atoms with E-state index in [1.807, 2.05) is 0 Å². The monoisotopic (exact) mass is 226 g/mol. The number of hydrogen-bond donors (Lipinski definition) is 1. The molecule has 0 spiro atoms. The zero-order chi connectivity index (χ0) is 11.6. The lowest BCUT2D eigenvalue weighted by molar-refractivity contribution is 0.0705. The van der Waals surface area contributed by atoms with Crippen LogP contribution in [-0.2, 0) is 4.74 Å². The molecular weight excluding hydrogens is 200 g/mol. The summed E-state index contributed by atoms with van der Waals surface area (Å²) in [5.41, 5.74) is 0.368. The van der Waals surface area contributed by atoms with Crippen molar-refractivity contribution in [2.75, 3.05) is 34.4 Å². The highest BCUT2D eigenvalue weighted by molar-refractivity contribution is 5.04. The van der Waals surface area contributed by atoms with Crippen LogP contribution < -0.4 is 5.32 Å². The molecule has 94 valence electrons. The maximum absolute atomic E-state index is 5.57. The zero-order valence-corrected chi connectivity index (χ0v) is 11.0. The highest BCUT2D eigenvalue weighted by Crippen LogP contribution is 2.40. The standard InChI is InChI=1S/C13H26N2O/c1-14-12(11-6-9-16-10-11)13(15(2)3)7-4-5-8-13/h11-12,14H,4-10H2,1-3H3. The molecule has 2 fully saturated rings. The van der Waals surface area contributed by atoms with E-state index in [1.165, 1.54) is 32.1 Å². The lowest BCUT2D eigenvalue weighted by Gasteiger charge is -2.45. The normalized spacial score (nSPS) is 31.1. The highest BCUT2D eigenvalue weighted by Gasteiger charge is 2.46. The van der Waals surface area contributed by atoms with E-state index >= 15 is 0 Å². The molecule has 2 aliphatic rings. The van der Waals surface area contributed by atoms with E-state index in [0.29, 0.717) is 17.5 Å². The van der Waals surface area contributed by atoms with E-state index in [9.17, 15) is 0 Å². The van der Waals surface area contributed by atoms with E-state index in [0.717, 1.165) is 13.2 Å². The Morgan fingerprint density at radius 1 is 1.31 bits per heavy atom. The number of rotatable bonds is 4. The summed E-state index contributed by atoms with van der Waals surface area (Å²) in [5, 5.41) is 3.59. The van der Waals surface area contributed by atoms with Crippen molar-refractivity contribution in [1.82, 2.24) is 10.2 Å². The number of nitrogens with zero attached hydrogens (tertiary/aromatic N) is 1. The third-order valence-electron chi connectivity index (χ3n) is 4.69. The molecule has 1 N–H and O–H groups in total. The fourth-order valence-corrected chi connectivity index (χ4v) is 3.78. The SMILES string of the molecule is CNC(C1CCOC1)C1(N(C)C)CCCC1. The smallest absolute Gasteiger partial charge is 0.0510 e. The van der Waals surface area contributed by atoms with Crippen LogP contribution in [0.4, 0.5) is 0 Å². The highest BCUT2D eigenvalue weighted by atomic mass is 16.5. The van der Waals surface area contributed by atoms with Gasteiger partial charge in [0.2, 0.25) is 0 Å². The average Bonchev–Trinajstić information content (AvgIpc) is 2.89. The predicted octanol–water partition coefficient (Wildman–Crippen LogP) is 1.49. The van der Waals surface area contributed by atoms with Gasteiger partial charge in [-0.2, -0.15) is 0 Å². The first-order valence-electron chi connectivity index (χ1n) is 6.63. The van der Waals surface area contributed by atoms with Gasteiger partial charge in [0.05, 0.1) is 6.61 Å². The summed E-state index contributed by atoms with van der Waals surface area (Å²) in [4.78, 5) is 2.46. The molecule has 1 saturated carbocycles. The number of hydrogen-bond acceptors (Lipinski definition) is 3. The van der Waals surface area contributed by atoms with Crippen LogP contribution in [0.25, 0.3) is 0 Å². The molecule has 3 heteroatoms. The van der Waals surface area contributed by atoms with Crippen LogP contribution in [0.3, 0.4) is 0 Å². The zero-order valence-electron chi connectivity index (χ0n) is 11.0. The molecule has 1 aliphatic carbocycles. The first kappa shape index (κ1) is 12.3. The second kappa shape index (κ2) is 5.03. The second-order valence-electron chi connectivity index (χ2n) is 5.60. The lowest BCUT2D eigenvalue weighted by Crippen LogP contribution is -2.59. The van der Waals surface area contributed by atoms with Crippen LogP contribution in [0.5, 0.6) is 0 Å². The third kappa shape index (κ3) is 2.01. The molecule has 2 rings (SSSR count). The molecule has 0 bridgehead atoms. The Balaban J connectivity index is 2.15. The van der Waals surface area contributed by atoms with E-state index in [2.05, 4.69) is 31.4 Å². The quantitative estimate of drug-likeness (QED) is 0.786. The summed E-state index contributed by atoms with van der Waals surface area (Å²) < 4.78 is 5.57. The Hall–Kier alpha value is -0.120. The Labute approximate surface area is 99.5 Å². The Bertz CT molecular complexity index is 218. The minimum atomic E-state index is 0.368. The summed E-state index contributed by atoms with van der Waals surface area (Å²) in [6.07, 6.45) is 6.65. The van der Waals surface area contributed by atoms with Gasteiger partial charge in [0.25, 0.3) is 0 Å². The molecule has 1 heterocycles. The summed E-state index contributed by atoms with van der Waals surface area (Å²) >= 11 is 0. The van der Waals surface area contributed by atoms with Crippen LogP contribution in [-0.4, -0.2) is 50.8 Å². The topological polar surface area (TPSA) is 24.5 Å². The van der Waals surface area contributed by atoms with Crippen molar-refractivity contribution in [3.05, 3.63) is 0 Å². The van der Waals surface area contributed by atoms with Crippen molar-refractivity contribution in [1.29, 1.82) is 0 Å². The van der Waals surface area contributed by atoms with Crippen LogP contribution in [0.15, 0.2) is 0 Å². The number of ether oxygens (including phenoxy) is 1. The van der Waals surface area contributed by atoms with Crippen LogP contribution in [0, 0.1) is 5.92 Å². The largest absolute Gasteiger partial charge is 0.381 e. The lowest BCUT2D eigenvalue weighted by atomic mass is 9.79. The van der Waals surface area contributed by atoms with E-state index in [1.54, 1.807) is 0 Å². The maximum Gasteiger partial charge on any atom is 0.0510 e. The van der Waals surface area contributed by atoms with Gasteiger partial charge in [0, 0.05) is 24.1 Å². The number of likely N-dealkylation sites (N-methyl/N-ethyl adjacent to an activating group) is 2. The summed E-state index contributed by atoms with van der Waals surface area (Å²) in [6.45, 7) is 1.90. The summed E-state index contributed by atoms with van der Waals surface area (Å²) in [5.74, 6) is 0.700. The van der Waals surface area contributed by atoms with Gasteiger partial charge in [-0.1, -0.05) is 12.8 Å². The van der Waals surface area contributed by atoms with Gasteiger partial charge in [-0.3, -0.25) is 0 Å². The molecule has 1 aliphatic heterocycles. The van der Waals surface area contributed by atoms with Gasteiger partial charge in [0.15, 0.2) is 0 Å². The molecule has 2 atom stereocenters. The van der Waals surface area contributed by atoms with E-state index < -0.39 is 0 Å². The van der Waals surface area contributed by atoms with E-state index in [-0.39, 0.29) is 0 Å². The Kier molecular flexibility index (Phi) is 3.88. The van der Waals surface area contributed by atoms with Crippen LogP contribution in [0.1, 0.15) is 32.1 Å². The van der Waals surface area contributed by atoms with Crippen molar-refractivity contribution >= 4 is 0 Å². The van der Waals surface area contributed by atoms with Crippen molar-refractivity contribution in [2.24, 2.45) is 5.92 Å². The fourth-order valence-electron chi connectivity index (χ4n) is 3.78. The van der Waals surface area contributed by atoms with Gasteiger partial charge in [0.1, 0.15) is 0 Å². The minimum Gasteiger partial charge on any atom is -0.381 e. The minimum absolute atomic E-state index is 0.368. The molecule has 0 aromatic heterocycles. The molecule has 1 saturated heterocycles. The molecule has 3 nitrogen and oxygen atoms in total. The van der Waals surface area contributed by atoms with Crippen LogP contribution >= 0.6 is 0 Å². The first-order chi connectivity index (χ1) is 7.70. The maximum atomic E-state index is 5.57. The summed E-state index contributed by atoms with van der Waals surface area (Å²) in [7, 11) is 6.60. The number of nitrogens with one attached hydrogen (secondary N) is 1. The molecule has 0 aromatic carbocycles. The van der Waals surface area contributed by atoms with Crippen LogP contribution in [0.2, 0.25) is 0 Å². The Morgan fingerprint density at radius 2 is 2.00 bits per heavy atom. The molecular formula is C13H26N2O. The molecule has 0 amide bonds. The van der Waals surface area contributed by atoms with Crippen molar-refractivity contribution in [2.45, 2.75) is 43.7 Å². The first-order valence-corrected chi connectivity index (χ1v) is 6.63. The van der Waals surface area contributed by atoms with Crippen molar-refractivity contribution in [3.63, 3.8) is 0 Å². The van der Waals surface area contributed by atoms with Gasteiger partial charge in [-0.05, 0) is 40.4 Å². The Morgan fingerprint density at radius 3 is 2.44 bits per heavy atom. The van der Waals surface area contributed by atoms with Gasteiger partial charge in [-0.15, -0.1) is 0 Å². The molecule has 16 heavy (non-hydrogen) atoms. The predicted molar refractivity (Wildman–Crippen MR) is 66.7 cm³/mol. The fraction of sp³-hybridized carbons (Fsp3) is 1.00. The third-order valence-corrected chi connectivity index (χ3v) is 4.69. The van der Waals surface area contributed by atoms with Crippen molar-refractivity contribution < 1.29 is 4.74 Å². The van der Waals surface area contributed by atoms with Crippen molar-refractivity contribution in [3.8, 4) is 0 Å². The molecule has 2 unspecified atom stereocenters. The molecule has 0 radical (unpaired) electrons. The average molecular weight is 226 g/mol. The van der Waals surface area contributed by atoms with Gasteiger partial charge >= 0.3 is 0 Å². The summed E-state index contributed by atoms with van der Waals surface area (Å²) in [6, 6.07) is 0.590. The van der Waals surface area contributed by atoms with Gasteiger partial charge in [-0.25, -0.2) is 0 Å².